The molecule has 0 radical (unpaired) electrons. The predicted molar refractivity (Wildman–Crippen MR) is 137 cm³/mol. The molecule has 0 atom stereocenters. The molecule has 0 spiro atoms. The van der Waals surface area contributed by atoms with Crippen LogP contribution in [0.4, 0.5) is 5.69 Å². The molecular weight excluding hydrogens is 472 g/mol. The fourth-order valence-corrected chi connectivity index (χ4v) is 4.50. The molecule has 3 aromatic carbocycles. The maximum atomic E-state index is 12.5. The van der Waals surface area contributed by atoms with Crippen molar-refractivity contribution >= 4 is 33.0 Å². The molecule has 0 heterocycles. The van der Waals surface area contributed by atoms with Gasteiger partial charge in [-0.2, -0.15) is 0 Å². The molecular formula is C26H29ClN2O4S. The summed E-state index contributed by atoms with van der Waals surface area (Å²) < 4.78 is 29.8. The highest BCUT2D eigenvalue weighted by Gasteiger charge is 2.13. The molecule has 1 N–H and O–H groups in total. The highest BCUT2D eigenvalue weighted by atomic mass is 35.5. The zero-order valence-electron chi connectivity index (χ0n) is 19.5. The SMILES string of the molecule is CCS(=O)(=O)c1ccc(CC(=O)Nc2ccc(-c3ccccc3OCCN(C)C)c(Cl)c2)cc1. The van der Waals surface area contributed by atoms with Gasteiger partial charge in [0.25, 0.3) is 0 Å². The number of anilines is 1. The van der Waals surface area contributed by atoms with Crippen molar-refractivity contribution < 1.29 is 17.9 Å². The fraction of sp³-hybridized carbons (Fsp3) is 0.269. The zero-order chi connectivity index (χ0) is 24.7. The second kappa shape index (κ2) is 11.5. The molecule has 0 aromatic heterocycles. The molecule has 180 valence electrons. The predicted octanol–water partition coefficient (Wildman–Crippen LogP) is 4.92. The van der Waals surface area contributed by atoms with E-state index in [0.29, 0.717) is 17.3 Å². The number of halogens is 1. The molecule has 6 nitrogen and oxygen atoms in total. The summed E-state index contributed by atoms with van der Waals surface area (Å²) in [4.78, 5) is 14.8. The number of nitrogens with one attached hydrogen (secondary N) is 1. The number of hydrogen-bond donors (Lipinski definition) is 1. The van der Waals surface area contributed by atoms with E-state index in [0.717, 1.165) is 29.0 Å². The first-order valence-electron chi connectivity index (χ1n) is 11.0. The van der Waals surface area contributed by atoms with Crippen molar-refractivity contribution in [3.8, 4) is 16.9 Å². The Kier molecular flexibility index (Phi) is 8.72. The van der Waals surface area contributed by atoms with Crippen LogP contribution in [0.5, 0.6) is 5.75 Å². The Bertz CT molecular complexity index is 1240. The summed E-state index contributed by atoms with van der Waals surface area (Å²) in [6, 6.07) is 19.5. The number of rotatable bonds is 10. The van der Waals surface area contributed by atoms with E-state index in [2.05, 4.69) is 10.2 Å². The largest absolute Gasteiger partial charge is 0.492 e. The Morgan fingerprint density at radius 2 is 1.71 bits per heavy atom. The van der Waals surface area contributed by atoms with E-state index in [-0.39, 0.29) is 23.0 Å². The third-order valence-corrected chi connectivity index (χ3v) is 7.32. The van der Waals surface area contributed by atoms with E-state index < -0.39 is 9.84 Å². The lowest BCUT2D eigenvalue weighted by Gasteiger charge is -2.15. The summed E-state index contributed by atoms with van der Waals surface area (Å²) in [5, 5.41) is 3.34. The lowest BCUT2D eigenvalue weighted by Crippen LogP contribution is -2.19. The van der Waals surface area contributed by atoms with Crippen LogP contribution in [-0.4, -0.2) is 52.2 Å². The number of carbonyl (C=O) groups is 1. The number of nitrogens with zero attached hydrogens (tertiary/aromatic N) is 1. The Balaban J connectivity index is 1.68. The number of sulfone groups is 1. The van der Waals surface area contributed by atoms with Gasteiger partial charge in [0.15, 0.2) is 9.84 Å². The van der Waals surface area contributed by atoms with Crippen LogP contribution in [0.15, 0.2) is 71.6 Å². The highest BCUT2D eigenvalue weighted by molar-refractivity contribution is 7.91. The van der Waals surface area contributed by atoms with Gasteiger partial charge >= 0.3 is 0 Å². The number of amides is 1. The van der Waals surface area contributed by atoms with Crippen LogP contribution >= 0.6 is 11.6 Å². The van der Waals surface area contributed by atoms with Gasteiger partial charge in [0.1, 0.15) is 12.4 Å². The van der Waals surface area contributed by atoms with E-state index >= 15 is 0 Å². The van der Waals surface area contributed by atoms with E-state index in [1.165, 1.54) is 12.1 Å². The Hall–Kier alpha value is -2.87. The topological polar surface area (TPSA) is 75.7 Å². The van der Waals surface area contributed by atoms with Gasteiger partial charge in [0.05, 0.1) is 22.1 Å². The summed E-state index contributed by atoms with van der Waals surface area (Å²) in [7, 11) is 0.720. The van der Waals surface area contributed by atoms with E-state index in [9.17, 15) is 13.2 Å². The number of benzene rings is 3. The van der Waals surface area contributed by atoms with Gasteiger partial charge in [0.2, 0.25) is 5.91 Å². The second-order valence-electron chi connectivity index (χ2n) is 8.11. The number of hydrogen-bond acceptors (Lipinski definition) is 5. The maximum absolute atomic E-state index is 12.5. The Morgan fingerprint density at radius 3 is 2.35 bits per heavy atom. The lowest BCUT2D eigenvalue weighted by molar-refractivity contribution is -0.115. The average Bonchev–Trinajstić information content (AvgIpc) is 2.80. The number of likely N-dealkylation sites (N-methyl/N-ethyl adjacent to an activating group) is 1. The zero-order valence-corrected chi connectivity index (χ0v) is 21.1. The summed E-state index contributed by atoms with van der Waals surface area (Å²) in [6.45, 7) is 2.95. The van der Waals surface area contributed by atoms with Crippen LogP contribution in [0.25, 0.3) is 11.1 Å². The molecule has 3 aromatic rings. The minimum absolute atomic E-state index is 0.0380. The van der Waals surface area contributed by atoms with Gasteiger partial charge in [-0.3, -0.25) is 4.79 Å². The van der Waals surface area contributed by atoms with Crippen LogP contribution in [0, 0.1) is 0 Å². The number of carbonyl (C=O) groups excluding carboxylic acids is 1. The van der Waals surface area contributed by atoms with Gasteiger partial charge in [0, 0.05) is 23.4 Å². The Labute approximate surface area is 206 Å². The first-order chi connectivity index (χ1) is 16.2. The van der Waals surface area contributed by atoms with Gasteiger partial charge < -0.3 is 15.0 Å². The number of para-hydroxylation sites is 1. The minimum atomic E-state index is -3.26. The molecule has 1 amide bonds. The standard InChI is InChI=1S/C26H29ClN2O4S/c1-4-34(31,32)21-12-9-19(10-13-21)17-26(30)28-20-11-14-22(24(27)18-20)23-7-5-6-8-25(23)33-16-15-29(2)3/h5-14,18H,4,15-17H2,1-3H3,(H,28,30). The lowest BCUT2D eigenvalue weighted by atomic mass is 10.0. The maximum Gasteiger partial charge on any atom is 0.228 e. The van der Waals surface area contributed by atoms with Gasteiger partial charge in [-0.15, -0.1) is 0 Å². The normalized spacial score (nSPS) is 11.4. The summed E-state index contributed by atoms with van der Waals surface area (Å²) in [5.41, 5.74) is 2.99. The second-order valence-corrected chi connectivity index (χ2v) is 10.8. The molecule has 0 saturated carbocycles. The van der Waals surface area contributed by atoms with Crippen molar-refractivity contribution in [1.29, 1.82) is 0 Å². The van der Waals surface area contributed by atoms with Crippen molar-refractivity contribution in [2.75, 3.05) is 38.3 Å². The number of ether oxygens (including phenoxy) is 1. The monoisotopic (exact) mass is 500 g/mol. The van der Waals surface area contributed by atoms with Crippen molar-refractivity contribution in [1.82, 2.24) is 4.90 Å². The van der Waals surface area contributed by atoms with Crippen molar-refractivity contribution in [2.24, 2.45) is 0 Å². The van der Waals surface area contributed by atoms with Gasteiger partial charge in [-0.25, -0.2) is 8.42 Å². The summed E-state index contributed by atoms with van der Waals surface area (Å²) >= 11 is 6.57. The molecule has 8 heteroatoms. The van der Waals surface area contributed by atoms with E-state index in [1.807, 2.05) is 44.4 Å². The Morgan fingerprint density at radius 1 is 1.00 bits per heavy atom. The van der Waals surface area contributed by atoms with Crippen LogP contribution in [0.2, 0.25) is 5.02 Å². The van der Waals surface area contributed by atoms with E-state index in [4.69, 9.17) is 16.3 Å². The smallest absolute Gasteiger partial charge is 0.228 e. The summed E-state index contributed by atoms with van der Waals surface area (Å²) in [6.07, 6.45) is 0.119. The van der Waals surface area contributed by atoms with E-state index in [1.54, 1.807) is 31.2 Å². The molecule has 0 aliphatic heterocycles. The average molecular weight is 501 g/mol. The highest BCUT2D eigenvalue weighted by Crippen LogP contribution is 2.36. The molecule has 0 fully saturated rings. The van der Waals surface area contributed by atoms with Crippen molar-refractivity contribution in [3.05, 3.63) is 77.3 Å². The third kappa shape index (κ3) is 6.82. The molecule has 3 rings (SSSR count). The molecule has 0 aliphatic carbocycles. The molecule has 0 unspecified atom stereocenters. The first kappa shape index (κ1) is 25.7. The van der Waals surface area contributed by atoms with Crippen molar-refractivity contribution in [3.63, 3.8) is 0 Å². The summed E-state index contributed by atoms with van der Waals surface area (Å²) in [5.74, 6) is 0.565. The van der Waals surface area contributed by atoms with Gasteiger partial charge in [-0.1, -0.05) is 54.9 Å². The first-order valence-corrected chi connectivity index (χ1v) is 13.0. The minimum Gasteiger partial charge on any atom is -0.492 e. The fourth-order valence-electron chi connectivity index (χ4n) is 3.34. The molecule has 0 aliphatic rings. The van der Waals surface area contributed by atoms with Crippen LogP contribution < -0.4 is 10.1 Å². The van der Waals surface area contributed by atoms with Crippen LogP contribution in [-0.2, 0) is 21.1 Å². The third-order valence-electron chi connectivity index (χ3n) is 5.25. The quantitative estimate of drug-likeness (QED) is 0.427. The molecule has 34 heavy (non-hydrogen) atoms. The van der Waals surface area contributed by atoms with Crippen LogP contribution in [0.1, 0.15) is 12.5 Å². The van der Waals surface area contributed by atoms with Gasteiger partial charge in [-0.05, 0) is 50.0 Å². The molecule has 0 saturated heterocycles. The molecule has 0 bridgehead atoms. The van der Waals surface area contributed by atoms with Crippen LogP contribution in [0.3, 0.4) is 0 Å². The van der Waals surface area contributed by atoms with Crippen molar-refractivity contribution in [2.45, 2.75) is 18.2 Å².